The summed E-state index contributed by atoms with van der Waals surface area (Å²) in [5.74, 6) is 2.66. The van der Waals surface area contributed by atoms with Gasteiger partial charge in [0, 0.05) is 31.1 Å². The first kappa shape index (κ1) is 7.88. The van der Waals surface area contributed by atoms with Crippen LogP contribution in [0.15, 0.2) is 0 Å². The molecule has 2 saturated heterocycles. The van der Waals surface area contributed by atoms with Crippen LogP contribution in [0.2, 0.25) is 0 Å². The molecule has 0 unspecified atom stereocenters. The Labute approximate surface area is 64.9 Å². The molecule has 10 heavy (non-hydrogen) atoms. The summed E-state index contributed by atoms with van der Waals surface area (Å²) in [6, 6.07) is 0. The van der Waals surface area contributed by atoms with E-state index in [9.17, 15) is 4.79 Å². The van der Waals surface area contributed by atoms with Crippen LogP contribution in [0.5, 0.6) is 0 Å². The van der Waals surface area contributed by atoms with E-state index in [1.54, 1.807) is 0 Å². The van der Waals surface area contributed by atoms with Crippen LogP contribution >= 0.6 is 11.8 Å². The Morgan fingerprint density at radius 3 is 2.20 bits per heavy atom. The number of carbonyl (C=O) groups is 1. The molecule has 2 N–H and O–H groups in total. The highest BCUT2D eigenvalue weighted by atomic mass is 32.2. The fraction of sp³-hybridized carbons (Fsp3) is 0.833. The number of carbonyl (C=O) groups excluding carboxylic acids is 1. The number of rotatable bonds is 0. The van der Waals surface area contributed by atoms with E-state index in [1.165, 1.54) is 18.2 Å². The lowest BCUT2D eigenvalue weighted by atomic mass is 10.3. The molecule has 2 heterocycles. The fourth-order valence-electron chi connectivity index (χ4n) is 0.588. The highest BCUT2D eigenvalue weighted by Crippen LogP contribution is 1.99. The van der Waals surface area contributed by atoms with Gasteiger partial charge in [-0.05, 0) is 0 Å². The molecule has 0 aromatic heterocycles. The van der Waals surface area contributed by atoms with Gasteiger partial charge >= 0.3 is 0 Å². The SMILES string of the molecule is C1CSCN1.O=C1CCN1. The van der Waals surface area contributed by atoms with Gasteiger partial charge in [-0.3, -0.25) is 4.79 Å². The number of thioether (sulfide) groups is 1. The lowest BCUT2D eigenvalue weighted by molar-refractivity contribution is -0.125. The van der Waals surface area contributed by atoms with Gasteiger partial charge in [-0.2, -0.15) is 0 Å². The highest BCUT2D eigenvalue weighted by molar-refractivity contribution is 7.99. The molecular formula is C6H12N2OS. The largest absolute Gasteiger partial charge is 0.356 e. The summed E-state index contributed by atoms with van der Waals surface area (Å²) in [6.45, 7) is 2.10. The van der Waals surface area contributed by atoms with Crippen LogP contribution in [0.3, 0.4) is 0 Å². The van der Waals surface area contributed by atoms with Gasteiger partial charge in [0.15, 0.2) is 0 Å². The van der Waals surface area contributed by atoms with Crippen molar-refractivity contribution in [2.75, 3.05) is 24.7 Å². The van der Waals surface area contributed by atoms with Crippen LogP contribution in [0.4, 0.5) is 0 Å². The third-order valence-electron chi connectivity index (χ3n) is 1.30. The zero-order valence-electron chi connectivity index (χ0n) is 5.85. The maximum absolute atomic E-state index is 9.79. The van der Waals surface area contributed by atoms with E-state index < -0.39 is 0 Å². The second-order valence-corrected chi connectivity index (χ2v) is 3.26. The minimum absolute atomic E-state index is 0.185. The number of hydrogen-bond acceptors (Lipinski definition) is 3. The van der Waals surface area contributed by atoms with Crippen molar-refractivity contribution in [2.24, 2.45) is 0 Å². The molecule has 0 aromatic carbocycles. The molecule has 2 rings (SSSR count). The molecular weight excluding hydrogens is 148 g/mol. The van der Waals surface area contributed by atoms with Crippen molar-refractivity contribution >= 4 is 17.7 Å². The van der Waals surface area contributed by atoms with E-state index in [0.717, 1.165) is 13.0 Å². The summed E-state index contributed by atoms with van der Waals surface area (Å²) < 4.78 is 0. The van der Waals surface area contributed by atoms with Crippen molar-refractivity contribution in [3.63, 3.8) is 0 Å². The van der Waals surface area contributed by atoms with Crippen LogP contribution in [-0.2, 0) is 4.79 Å². The minimum Gasteiger partial charge on any atom is -0.356 e. The molecule has 3 nitrogen and oxygen atoms in total. The fourth-order valence-corrected chi connectivity index (χ4v) is 1.31. The van der Waals surface area contributed by atoms with Crippen LogP contribution in [-0.4, -0.2) is 30.6 Å². The molecule has 2 fully saturated rings. The Kier molecular flexibility index (Phi) is 3.60. The molecule has 0 bridgehead atoms. The number of nitrogens with one attached hydrogen (secondary N) is 2. The van der Waals surface area contributed by atoms with Gasteiger partial charge in [0.2, 0.25) is 5.91 Å². The Balaban J connectivity index is 0.0000001000. The summed E-state index contributed by atoms with van der Waals surface area (Å²) in [6.07, 6.45) is 0.736. The van der Waals surface area contributed by atoms with Crippen molar-refractivity contribution in [2.45, 2.75) is 6.42 Å². The van der Waals surface area contributed by atoms with E-state index in [2.05, 4.69) is 10.6 Å². The second kappa shape index (κ2) is 4.57. The van der Waals surface area contributed by atoms with Gasteiger partial charge in [-0.25, -0.2) is 0 Å². The Morgan fingerprint density at radius 2 is 2.10 bits per heavy atom. The number of amides is 1. The van der Waals surface area contributed by atoms with Gasteiger partial charge in [-0.15, -0.1) is 11.8 Å². The monoisotopic (exact) mass is 160 g/mol. The first-order chi connectivity index (χ1) is 4.89. The average Bonchev–Trinajstić information content (AvgIpc) is 2.38. The first-order valence-electron chi connectivity index (χ1n) is 3.45. The van der Waals surface area contributed by atoms with Crippen LogP contribution in [0.25, 0.3) is 0 Å². The van der Waals surface area contributed by atoms with Gasteiger partial charge in [0.05, 0.1) is 0 Å². The van der Waals surface area contributed by atoms with Crippen molar-refractivity contribution in [1.82, 2.24) is 10.6 Å². The number of β-lactam (4-membered cyclic amide) rings is 1. The standard InChI is InChI=1S/C3H5NO.C3H7NS/c5-3-1-2-4-3;1-2-5-3-4-1/h1-2H2,(H,4,5);4H,1-3H2. The summed E-state index contributed by atoms with van der Waals surface area (Å²) >= 11 is 1.96. The lowest BCUT2D eigenvalue weighted by Gasteiger charge is -2.10. The van der Waals surface area contributed by atoms with Crippen LogP contribution in [0.1, 0.15) is 6.42 Å². The molecule has 0 aliphatic carbocycles. The number of hydrogen-bond donors (Lipinski definition) is 2. The van der Waals surface area contributed by atoms with Gasteiger partial charge in [-0.1, -0.05) is 0 Å². The molecule has 0 spiro atoms. The van der Waals surface area contributed by atoms with E-state index in [1.807, 2.05) is 11.8 Å². The van der Waals surface area contributed by atoms with Gasteiger partial charge in [0.25, 0.3) is 0 Å². The first-order valence-corrected chi connectivity index (χ1v) is 4.60. The van der Waals surface area contributed by atoms with E-state index in [4.69, 9.17) is 0 Å². The normalized spacial score (nSPS) is 22.2. The van der Waals surface area contributed by atoms with Crippen molar-refractivity contribution in [3.8, 4) is 0 Å². The smallest absolute Gasteiger partial charge is 0.221 e. The molecule has 0 atom stereocenters. The maximum Gasteiger partial charge on any atom is 0.221 e. The van der Waals surface area contributed by atoms with Gasteiger partial charge < -0.3 is 10.6 Å². The van der Waals surface area contributed by atoms with Crippen molar-refractivity contribution in [1.29, 1.82) is 0 Å². The predicted octanol–water partition coefficient (Wildman–Crippen LogP) is -0.213. The quantitative estimate of drug-likeness (QED) is 0.482. The topological polar surface area (TPSA) is 41.1 Å². The van der Waals surface area contributed by atoms with Crippen molar-refractivity contribution in [3.05, 3.63) is 0 Å². The lowest BCUT2D eigenvalue weighted by Crippen LogP contribution is -2.37. The zero-order valence-corrected chi connectivity index (χ0v) is 6.67. The van der Waals surface area contributed by atoms with Crippen LogP contribution in [0, 0.1) is 0 Å². The highest BCUT2D eigenvalue weighted by Gasteiger charge is 2.07. The predicted molar refractivity (Wildman–Crippen MR) is 43.0 cm³/mol. The van der Waals surface area contributed by atoms with Gasteiger partial charge in [0.1, 0.15) is 0 Å². The molecule has 0 saturated carbocycles. The Bertz CT molecular complexity index is 101. The van der Waals surface area contributed by atoms with Crippen LogP contribution < -0.4 is 10.6 Å². The molecule has 4 heteroatoms. The molecule has 2 aliphatic heterocycles. The Morgan fingerprint density at radius 1 is 1.40 bits per heavy atom. The molecule has 58 valence electrons. The molecule has 1 amide bonds. The van der Waals surface area contributed by atoms with E-state index in [0.29, 0.717) is 0 Å². The van der Waals surface area contributed by atoms with E-state index in [-0.39, 0.29) is 5.91 Å². The minimum atomic E-state index is 0.185. The van der Waals surface area contributed by atoms with E-state index >= 15 is 0 Å². The summed E-state index contributed by atoms with van der Waals surface area (Å²) in [4.78, 5) is 9.79. The average molecular weight is 160 g/mol. The molecule has 2 aliphatic rings. The maximum atomic E-state index is 9.79. The zero-order chi connectivity index (χ0) is 7.23. The summed E-state index contributed by atoms with van der Waals surface area (Å²) in [7, 11) is 0. The molecule has 0 radical (unpaired) electrons. The van der Waals surface area contributed by atoms with Crippen molar-refractivity contribution < 1.29 is 4.79 Å². The Hall–Kier alpha value is -0.220. The summed E-state index contributed by atoms with van der Waals surface area (Å²) in [5, 5.41) is 5.75. The third kappa shape index (κ3) is 3.08. The second-order valence-electron chi connectivity index (χ2n) is 2.15. The summed E-state index contributed by atoms with van der Waals surface area (Å²) in [5.41, 5.74) is 0. The molecule has 0 aromatic rings. The third-order valence-corrected chi connectivity index (χ3v) is 2.20.